The molecule has 0 aliphatic rings. The van der Waals surface area contributed by atoms with Crippen LogP contribution in [0.5, 0.6) is 0 Å². The van der Waals surface area contributed by atoms with Gasteiger partial charge < -0.3 is 5.32 Å². The zero-order valence-corrected chi connectivity index (χ0v) is 13.1. The first-order chi connectivity index (χ1) is 9.82. The van der Waals surface area contributed by atoms with Crippen LogP contribution < -0.4 is 5.32 Å². The molecule has 1 aromatic carbocycles. The molecule has 1 atom stereocenters. The molecule has 0 amide bonds. The Morgan fingerprint density at radius 2 is 1.90 bits per heavy atom. The van der Waals surface area contributed by atoms with Crippen LogP contribution in [0.1, 0.15) is 44.7 Å². The summed E-state index contributed by atoms with van der Waals surface area (Å²) in [7, 11) is 0. The van der Waals surface area contributed by atoms with E-state index in [4.69, 9.17) is 0 Å². The number of benzene rings is 1. The Bertz CT molecular complexity index is 413. The van der Waals surface area contributed by atoms with Crippen molar-refractivity contribution in [1.29, 1.82) is 0 Å². The lowest BCUT2D eigenvalue weighted by atomic mass is 9.90. The minimum absolute atomic E-state index is 0.375. The van der Waals surface area contributed by atoms with E-state index in [-0.39, 0.29) is 0 Å². The first kappa shape index (κ1) is 18.0. The molecule has 1 unspecified atom stereocenters. The minimum Gasteiger partial charge on any atom is -0.316 e. The van der Waals surface area contributed by atoms with Crippen molar-refractivity contribution in [2.24, 2.45) is 11.8 Å². The smallest absolute Gasteiger partial charge is 0.316 e. The molecule has 0 spiro atoms. The summed E-state index contributed by atoms with van der Waals surface area (Å²) in [6.45, 7) is 8.23. The van der Waals surface area contributed by atoms with Gasteiger partial charge in [0.05, 0.1) is 5.56 Å². The second-order valence-electron chi connectivity index (χ2n) is 6.10. The summed E-state index contributed by atoms with van der Waals surface area (Å²) in [6.07, 6.45) is -1.48. The zero-order valence-electron chi connectivity index (χ0n) is 13.1. The number of alkyl halides is 3. The second-order valence-corrected chi connectivity index (χ2v) is 6.10. The molecule has 0 bridgehead atoms. The summed E-state index contributed by atoms with van der Waals surface area (Å²) in [5, 5.41) is 3.38. The highest BCUT2D eigenvalue weighted by Gasteiger charge is 2.30. The van der Waals surface area contributed by atoms with E-state index < -0.39 is 11.7 Å². The quantitative estimate of drug-likeness (QED) is 0.673. The van der Waals surface area contributed by atoms with Gasteiger partial charge in [-0.25, -0.2) is 0 Å². The molecule has 1 aromatic rings. The largest absolute Gasteiger partial charge is 0.416 e. The van der Waals surface area contributed by atoms with Crippen molar-refractivity contribution in [3.05, 3.63) is 35.4 Å². The van der Waals surface area contributed by atoms with Gasteiger partial charge in [0.2, 0.25) is 0 Å². The van der Waals surface area contributed by atoms with Crippen molar-refractivity contribution in [3.63, 3.8) is 0 Å². The van der Waals surface area contributed by atoms with Crippen molar-refractivity contribution in [1.82, 2.24) is 5.32 Å². The molecule has 0 aromatic heterocycles. The minimum atomic E-state index is -4.26. The van der Waals surface area contributed by atoms with E-state index in [2.05, 4.69) is 26.1 Å². The number of hydrogen-bond acceptors (Lipinski definition) is 1. The fraction of sp³-hybridized carbons (Fsp3) is 0.647. The highest BCUT2D eigenvalue weighted by molar-refractivity contribution is 5.26. The third-order valence-electron chi connectivity index (χ3n) is 3.44. The normalized spacial score (nSPS) is 13.7. The summed E-state index contributed by atoms with van der Waals surface area (Å²) in [5.74, 6) is 0.921. The van der Waals surface area contributed by atoms with Crippen LogP contribution in [-0.4, -0.2) is 13.1 Å². The number of hydrogen-bond donors (Lipinski definition) is 1. The van der Waals surface area contributed by atoms with E-state index in [1.54, 1.807) is 6.07 Å². The van der Waals surface area contributed by atoms with Gasteiger partial charge in [0.1, 0.15) is 0 Å². The number of nitrogens with one attached hydrogen (secondary N) is 1. The zero-order chi connectivity index (χ0) is 15.9. The van der Waals surface area contributed by atoms with Crippen LogP contribution in [0.4, 0.5) is 13.2 Å². The van der Waals surface area contributed by atoms with Crippen LogP contribution in [0.25, 0.3) is 0 Å². The van der Waals surface area contributed by atoms with Gasteiger partial charge >= 0.3 is 6.18 Å². The molecule has 0 heterocycles. The SMILES string of the molecule is CCCNCC(Cc1cccc(C(F)(F)F)c1)CC(C)C. The molecule has 120 valence electrons. The third kappa shape index (κ3) is 6.98. The van der Waals surface area contributed by atoms with E-state index in [1.807, 2.05) is 0 Å². The molecule has 0 radical (unpaired) electrons. The van der Waals surface area contributed by atoms with E-state index in [0.717, 1.165) is 37.6 Å². The van der Waals surface area contributed by atoms with Gasteiger partial charge in [-0.3, -0.25) is 0 Å². The van der Waals surface area contributed by atoms with Crippen LogP contribution in [0.2, 0.25) is 0 Å². The van der Waals surface area contributed by atoms with Gasteiger partial charge in [-0.2, -0.15) is 13.2 Å². The van der Waals surface area contributed by atoms with Gasteiger partial charge in [-0.1, -0.05) is 39.0 Å². The van der Waals surface area contributed by atoms with Gasteiger partial charge in [-0.05, 0) is 55.8 Å². The highest BCUT2D eigenvalue weighted by atomic mass is 19.4. The molecule has 0 fully saturated rings. The average Bonchev–Trinajstić information content (AvgIpc) is 2.37. The van der Waals surface area contributed by atoms with Crippen LogP contribution in [0, 0.1) is 11.8 Å². The molecule has 0 saturated heterocycles. The lowest BCUT2D eigenvalue weighted by Crippen LogP contribution is -2.26. The lowest BCUT2D eigenvalue weighted by molar-refractivity contribution is -0.137. The summed E-state index contributed by atoms with van der Waals surface area (Å²) in [6, 6.07) is 5.72. The summed E-state index contributed by atoms with van der Waals surface area (Å²) in [5.41, 5.74) is 0.221. The molecular formula is C17H26F3N. The standard InChI is InChI=1S/C17H26F3N/c1-4-8-21-12-15(9-13(2)3)10-14-6-5-7-16(11-14)17(18,19)20/h5-7,11,13,15,21H,4,8-10,12H2,1-3H3. The van der Waals surface area contributed by atoms with Crippen molar-refractivity contribution in [2.45, 2.75) is 46.2 Å². The Hall–Kier alpha value is -1.03. The molecular weight excluding hydrogens is 275 g/mol. The van der Waals surface area contributed by atoms with E-state index in [0.29, 0.717) is 18.3 Å². The Labute approximate surface area is 125 Å². The monoisotopic (exact) mass is 301 g/mol. The molecule has 4 heteroatoms. The fourth-order valence-corrected chi connectivity index (χ4v) is 2.60. The van der Waals surface area contributed by atoms with Crippen molar-refractivity contribution in [2.75, 3.05) is 13.1 Å². The second kappa shape index (κ2) is 8.42. The third-order valence-corrected chi connectivity index (χ3v) is 3.44. The Morgan fingerprint density at radius 1 is 1.19 bits per heavy atom. The molecule has 1 N–H and O–H groups in total. The molecule has 0 saturated carbocycles. The predicted molar refractivity (Wildman–Crippen MR) is 81.3 cm³/mol. The lowest BCUT2D eigenvalue weighted by Gasteiger charge is -2.20. The molecule has 1 rings (SSSR count). The topological polar surface area (TPSA) is 12.0 Å². The highest BCUT2D eigenvalue weighted by Crippen LogP contribution is 2.30. The maximum Gasteiger partial charge on any atom is 0.416 e. The van der Waals surface area contributed by atoms with E-state index in [9.17, 15) is 13.2 Å². The molecule has 0 aliphatic heterocycles. The predicted octanol–water partition coefficient (Wildman–Crippen LogP) is 4.91. The molecule has 0 aliphatic carbocycles. The van der Waals surface area contributed by atoms with Gasteiger partial charge in [0.25, 0.3) is 0 Å². The maximum absolute atomic E-state index is 12.8. The van der Waals surface area contributed by atoms with Gasteiger partial charge in [0, 0.05) is 0 Å². The first-order valence-corrected chi connectivity index (χ1v) is 7.69. The van der Waals surface area contributed by atoms with Gasteiger partial charge in [-0.15, -0.1) is 0 Å². The fourth-order valence-electron chi connectivity index (χ4n) is 2.60. The van der Waals surface area contributed by atoms with E-state index in [1.165, 1.54) is 12.1 Å². The van der Waals surface area contributed by atoms with Crippen molar-refractivity contribution in [3.8, 4) is 0 Å². The summed E-state index contributed by atoms with van der Waals surface area (Å²) >= 11 is 0. The Morgan fingerprint density at radius 3 is 2.48 bits per heavy atom. The Kier molecular flexibility index (Phi) is 7.23. The first-order valence-electron chi connectivity index (χ1n) is 7.69. The molecule has 21 heavy (non-hydrogen) atoms. The maximum atomic E-state index is 12.8. The van der Waals surface area contributed by atoms with Crippen LogP contribution in [0.15, 0.2) is 24.3 Å². The van der Waals surface area contributed by atoms with E-state index >= 15 is 0 Å². The van der Waals surface area contributed by atoms with Gasteiger partial charge in [0.15, 0.2) is 0 Å². The van der Waals surface area contributed by atoms with Crippen LogP contribution in [0.3, 0.4) is 0 Å². The number of halogens is 3. The summed E-state index contributed by atoms with van der Waals surface area (Å²) in [4.78, 5) is 0. The van der Waals surface area contributed by atoms with Crippen molar-refractivity contribution < 1.29 is 13.2 Å². The summed E-state index contributed by atoms with van der Waals surface area (Å²) < 4.78 is 38.3. The number of rotatable bonds is 8. The average molecular weight is 301 g/mol. The van der Waals surface area contributed by atoms with Crippen molar-refractivity contribution >= 4 is 0 Å². The van der Waals surface area contributed by atoms with Crippen LogP contribution >= 0.6 is 0 Å². The molecule has 1 nitrogen and oxygen atoms in total. The Balaban J connectivity index is 2.73. The van der Waals surface area contributed by atoms with Crippen LogP contribution in [-0.2, 0) is 12.6 Å².